The quantitative estimate of drug-likeness (QED) is 0.864. The minimum atomic E-state index is -0.955. The van der Waals surface area contributed by atoms with E-state index in [2.05, 4.69) is 15.9 Å². The molecule has 5 heteroatoms. The smallest absolute Gasteiger partial charge is 0.311 e. The van der Waals surface area contributed by atoms with Crippen molar-refractivity contribution in [3.05, 3.63) is 68.9 Å². The fourth-order valence-corrected chi connectivity index (χ4v) is 2.50. The van der Waals surface area contributed by atoms with Gasteiger partial charge in [0.2, 0.25) is 0 Å². The summed E-state index contributed by atoms with van der Waals surface area (Å²) < 4.78 is 14.0. The second-order valence-corrected chi connectivity index (χ2v) is 5.67. The molecular formula is C15H11BrClFO2. The highest BCUT2D eigenvalue weighted by molar-refractivity contribution is 9.10. The van der Waals surface area contributed by atoms with Gasteiger partial charge in [0, 0.05) is 9.50 Å². The van der Waals surface area contributed by atoms with Crippen LogP contribution in [0.3, 0.4) is 0 Å². The number of hydrogen-bond donors (Lipinski definition) is 1. The van der Waals surface area contributed by atoms with E-state index >= 15 is 0 Å². The predicted octanol–water partition coefficient (Wildman–Crippen LogP) is 4.65. The van der Waals surface area contributed by atoms with Gasteiger partial charge >= 0.3 is 5.97 Å². The van der Waals surface area contributed by atoms with Crippen LogP contribution in [0.1, 0.15) is 17.0 Å². The van der Waals surface area contributed by atoms with Crippen LogP contribution in [0, 0.1) is 5.82 Å². The number of carboxylic acid groups (broad SMARTS) is 1. The van der Waals surface area contributed by atoms with Crippen LogP contribution in [0.4, 0.5) is 4.39 Å². The Kier molecular flexibility index (Phi) is 4.78. The largest absolute Gasteiger partial charge is 0.481 e. The number of benzene rings is 2. The topological polar surface area (TPSA) is 37.3 Å². The molecule has 0 fully saturated rings. The maximum absolute atomic E-state index is 13.3. The summed E-state index contributed by atoms with van der Waals surface area (Å²) in [6.45, 7) is 0. The standard InChI is InChI=1S/C15H11BrClFO2/c16-14-6-5-12(18)7-10(14)8-13(15(19)20)9-1-3-11(17)4-2-9/h1-7,13H,8H2,(H,19,20). The Morgan fingerprint density at radius 2 is 1.90 bits per heavy atom. The monoisotopic (exact) mass is 356 g/mol. The van der Waals surface area contributed by atoms with E-state index in [0.29, 0.717) is 20.6 Å². The van der Waals surface area contributed by atoms with Gasteiger partial charge in [-0.05, 0) is 47.9 Å². The average Bonchev–Trinajstić information content (AvgIpc) is 2.40. The molecule has 20 heavy (non-hydrogen) atoms. The summed E-state index contributed by atoms with van der Waals surface area (Å²) in [6, 6.07) is 10.9. The van der Waals surface area contributed by atoms with E-state index in [1.54, 1.807) is 30.3 Å². The number of carbonyl (C=O) groups is 1. The van der Waals surface area contributed by atoms with Crippen molar-refractivity contribution in [3.63, 3.8) is 0 Å². The third-order valence-corrected chi connectivity index (χ3v) is 4.03. The summed E-state index contributed by atoms with van der Waals surface area (Å²) in [4.78, 5) is 11.4. The van der Waals surface area contributed by atoms with Crippen molar-refractivity contribution in [2.75, 3.05) is 0 Å². The van der Waals surface area contributed by atoms with Crippen molar-refractivity contribution in [3.8, 4) is 0 Å². The second kappa shape index (κ2) is 6.37. The molecule has 0 radical (unpaired) electrons. The fourth-order valence-electron chi connectivity index (χ4n) is 1.96. The molecule has 2 aromatic carbocycles. The van der Waals surface area contributed by atoms with E-state index < -0.39 is 11.9 Å². The Morgan fingerprint density at radius 3 is 2.50 bits per heavy atom. The van der Waals surface area contributed by atoms with Crippen LogP contribution in [0.5, 0.6) is 0 Å². The first-order valence-corrected chi connectivity index (χ1v) is 7.06. The molecule has 0 saturated heterocycles. The van der Waals surface area contributed by atoms with Gasteiger partial charge in [-0.15, -0.1) is 0 Å². The van der Waals surface area contributed by atoms with Gasteiger partial charge in [-0.1, -0.05) is 39.7 Å². The number of aliphatic carboxylic acids is 1. The first-order chi connectivity index (χ1) is 9.47. The van der Waals surface area contributed by atoms with E-state index in [0.717, 1.165) is 0 Å². The third-order valence-electron chi connectivity index (χ3n) is 3.00. The van der Waals surface area contributed by atoms with E-state index in [1.165, 1.54) is 12.1 Å². The average molecular weight is 358 g/mol. The molecule has 0 bridgehead atoms. The predicted molar refractivity (Wildman–Crippen MR) is 79.6 cm³/mol. The lowest BCUT2D eigenvalue weighted by atomic mass is 9.92. The van der Waals surface area contributed by atoms with E-state index in [4.69, 9.17) is 11.6 Å². The zero-order chi connectivity index (χ0) is 14.7. The summed E-state index contributed by atoms with van der Waals surface area (Å²) in [5.41, 5.74) is 1.26. The minimum absolute atomic E-state index is 0.204. The van der Waals surface area contributed by atoms with Gasteiger partial charge < -0.3 is 5.11 Å². The van der Waals surface area contributed by atoms with Crippen LogP contribution in [-0.4, -0.2) is 11.1 Å². The maximum Gasteiger partial charge on any atom is 0.311 e. The number of rotatable bonds is 4. The van der Waals surface area contributed by atoms with Crippen molar-refractivity contribution < 1.29 is 14.3 Å². The molecule has 0 aliphatic rings. The molecule has 0 saturated carbocycles. The third kappa shape index (κ3) is 3.58. The summed E-state index contributed by atoms with van der Waals surface area (Å²) in [7, 11) is 0. The van der Waals surface area contributed by atoms with E-state index in [-0.39, 0.29) is 12.2 Å². The van der Waals surface area contributed by atoms with Crippen LogP contribution >= 0.6 is 27.5 Å². The molecule has 2 nitrogen and oxygen atoms in total. The molecule has 0 aliphatic carbocycles. The van der Waals surface area contributed by atoms with Crippen molar-refractivity contribution in [1.29, 1.82) is 0 Å². The van der Waals surface area contributed by atoms with Gasteiger partial charge in [-0.2, -0.15) is 0 Å². The lowest BCUT2D eigenvalue weighted by Crippen LogP contribution is -2.14. The Morgan fingerprint density at radius 1 is 1.25 bits per heavy atom. The number of halogens is 3. The van der Waals surface area contributed by atoms with Crippen LogP contribution in [-0.2, 0) is 11.2 Å². The zero-order valence-electron chi connectivity index (χ0n) is 10.3. The second-order valence-electron chi connectivity index (χ2n) is 4.38. The lowest BCUT2D eigenvalue weighted by molar-refractivity contribution is -0.138. The molecular weight excluding hydrogens is 347 g/mol. The van der Waals surface area contributed by atoms with Gasteiger partial charge in [0.05, 0.1) is 5.92 Å². The molecule has 0 amide bonds. The van der Waals surface area contributed by atoms with E-state index in [9.17, 15) is 14.3 Å². The van der Waals surface area contributed by atoms with Crippen LogP contribution in [0.15, 0.2) is 46.9 Å². The van der Waals surface area contributed by atoms with Crippen LogP contribution < -0.4 is 0 Å². The van der Waals surface area contributed by atoms with Crippen LogP contribution in [0.25, 0.3) is 0 Å². The van der Waals surface area contributed by atoms with Gasteiger partial charge in [0.15, 0.2) is 0 Å². The van der Waals surface area contributed by atoms with Crippen molar-refractivity contribution in [2.45, 2.75) is 12.3 Å². The van der Waals surface area contributed by atoms with Gasteiger partial charge in [0.1, 0.15) is 5.82 Å². The Bertz CT molecular complexity index is 628. The molecule has 104 valence electrons. The van der Waals surface area contributed by atoms with E-state index in [1.807, 2.05) is 0 Å². The first kappa shape index (κ1) is 15.0. The highest BCUT2D eigenvalue weighted by atomic mass is 79.9. The summed E-state index contributed by atoms with van der Waals surface area (Å²) in [5.74, 6) is -2.09. The molecule has 2 rings (SSSR count). The normalized spacial score (nSPS) is 12.2. The highest BCUT2D eigenvalue weighted by Crippen LogP contribution is 2.27. The van der Waals surface area contributed by atoms with Gasteiger partial charge in [-0.25, -0.2) is 4.39 Å². The number of carboxylic acids is 1. The van der Waals surface area contributed by atoms with Crippen molar-refractivity contribution >= 4 is 33.5 Å². The summed E-state index contributed by atoms with van der Waals surface area (Å²) in [6.07, 6.45) is 0.204. The number of hydrogen-bond acceptors (Lipinski definition) is 1. The Balaban J connectivity index is 2.32. The molecule has 0 aliphatic heterocycles. The fraction of sp³-hybridized carbons (Fsp3) is 0.133. The molecule has 0 heterocycles. The lowest BCUT2D eigenvalue weighted by Gasteiger charge is -2.14. The molecule has 1 atom stereocenters. The SMILES string of the molecule is O=C(O)C(Cc1cc(F)ccc1Br)c1ccc(Cl)cc1. The zero-order valence-corrected chi connectivity index (χ0v) is 12.7. The molecule has 0 spiro atoms. The highest BCUT2D eigenvalue weighted by Gasteiger charge is 2.21. The van der Waals surface area contributed by atoms with Gasteiger partial charge in [-0.3, -0.25) is 4.79 Å². The molecule has 1 N–H and O–H groups in total. The molecule has 1 unspecified atom stereocenters. The summed E-state index contributed by atoms with van der Waals surface area (Å²) in [5, 5.41) is 9.92. The summed E-state index contributed by atoms with van der Waals surface area (Å²) >= 11 is 9.11. The van der Waals surface area contributed by atoms with Gasteiger partial charge in [0.25, 0.3) is 0 Å². The van der Waals surface area contributed by atoms with Crippen molar-refractivity contribution in [1.82, 2.24) is 0 Å². The maximum atomic E-state index is 13.3. The first-order valence-electron chi connectivity index (χ1n) is 5.89. The Hall–Kier alpha value is -1.39. The van der Waals surface area contributed by atoms with Crippen LogP contribution in [0.2, 0.25) is 5.02 Å². The minimum Gasteiger partial charge on any atom is -0.481 e. The molecule has 2 aromatic rings. The molecule has 0 aromatic heterocycles. The van der Waals surface area contributed by atoms with Crippen molar-refractivity contribution in [2.24, 2.45) is 0 Å². The Labute approximate surface area is 129 Å².